The predicted molar refractivity (Wildman–Crippen MR) is 231 cm³/mol. The van der Waals surface area contributed by atoms with Gasteiger partial charge in [0.25, 0.3) is 0 Å². The predicted octanol–water partition coefficient (Wildman–Crippen LogP) is 12.1. The normalized spacial score (nSPS) is 14.7. The number of pyridine rings is 2. The monoisotopic (exact) mass is 930 g/mol. The quantitative estimate of drug-likeness (QED) is 0.130. The zero-order valence-electron chi connectivity index (χ0n) is 39.7. The van der Waals surface area contributed by atoms with E-state index in [1.165, 1.54) is 6.07 Å². The van der Waals surface area contributed by atoms with E-state index in [0.717, 1.165) is 38.3 Å². The van der Waals surface area contributed by atoms with Crippen molar-refractivity contribution in [3.63, 3.8) is 0 Å². The van der Waals surface area contributed by atoms with Gasteiger partial charge in [-0.3, -0.25) is 4.98 Å². The van der Waals surface area contributed by atoms with Crippen molar-refractivity contribution in [3.05, 3.63) is 162 Å². The molecule has 5 nitrogen and oxygen atoms in total. The van der Waals surface area contributed by atoms with E-state index in [1.807, 2.05) is 74.2 Å². The molecule has 0 unspecified atom stereocenters. The molecule has 0 saturated heterocycles. The second-order valence-electron chi connectivity index (χ2n) is 14.5. The van der Waals surface area contributed by atoms with Crippen molar-refractivity contribution in [2.45, 2.75) is 40.2 Å². The Morgan fingerprint density at radius 1 is 0.643 bits per heavy atom. The Morgan fingerprint density at radius 2 is 1.43 bits per heavy atom. The van der Waals surface area contributed by atoms with Crippen LogP contribution in [0.3, 0.4) is 0 Å². The Bertz CT molecular complexity index is 3370. The summed E-state index contributed by atoms with van der Waals surface area (Å²) in [7, 11) is -2.26. The first kappa shape index (κ1) is 27.8. The Hall–Kier alpha value is -5.72. The number of nitrogens with zero attached hydrogens (tertiary/aromatic N) is 4. The fourth-order valence-electron chi connectivity index (χ4n) is 7.35. The number of aromatic nitrogens is 4. The van der Waals surface area contributed by atoms with Gasteiger partial charge in [-0.2, -0.15) is 0 Å². The molecule has 277 valence electrons. The number of imidazole rings is 1. The Morgan fingerprint density at radius 3 is 2.25 bits per heavy atom. The first-order valence-corrected chi connectivity index (χ1v) is 21.5. The third-order valence-corrected chi connectivity index (χ3v) is 11.8. The van der Waals surface area contributed by atoms with Gasteiger partial charge < -0.3 is 14.0 Å². The molecule has 56 heavy (non-hydrogen) atoms. The molecule has 1 radical (unpaired) electrons. The summed E-state index contributed by atoms with van der Waals surface area (Å²) in [5.74, 6) is 0.704. The van der Waals surface area contributed by atoms with Gasteiger partial charge in [0.15, 0.2) is 0 Å². The van der Waals surface area contributed by atoms with Crippen molar-refractivity contribution >= 4 is 68.0 Å². The number of hydrogen-bond acceptors (Lipinski definition) is 4. The second-order valence-corrected chi connectivity index (χ2v) is 19.5. The van der Waals surface area contributed by atoms with Crippen molar-refractivity contribution in [2.24, 2.45) is 0 Å². The van der Waals surface area contributed by atoms with Gasteiger partial charge in [0.05, 0.1) is 36.0 Å². The topological polar surface area (TPSA) is 56.7 Å². The number of benzene rings is 6. The Kier molecular flexibility index (Phi) is 7.31. The minimum absolute atomic E-state index is 0. The maximum atomic E-state index is 8.02. The molecule has 10 rings (SSSR count). The number of para-hydroxylation sites is 2. The summed E-state index contributed by atoms with van der Waals surface area (Å²) in [6.45, 7) is -1.33. The van der Waals surface area contributed by atoms with Gasteiger partial charge >= 0.3 is 0 Å². The summed E-state index contributed by atoms with van der Waals surface area (Å²) in [5, 5.41) is 4.82. The number of furan rings is 1. The molecule has 0 atom stereocenters. The molecule has 0 aliphatic rings. The van der Waals surface area contributed by atoms with Crippen LogP contribution in [0.4, 0.5) is 0 Å². The fraction of sp³-hybridized carbons (Fsp3) is 0.122. The molecule has 6 aromatic carbocycles. The molecule has 0 bridgehead atoms. The molecule has 10 aromatic rings. The van der Waals surface area contributed by atoms with Gasteiger partial charge in [0.1, 0.15) is 0 Å². The third kappa shape index (κ3) is 6.56. The van der Waals surface area contributed by atoms with E-state index in [4.69, 9.17) is 26.7 Å². The molecule has 0 spiro atoms. The first-order valence-electron chi connectivity index (χ1n) is 22.5. The maximum absolute atomic E-state index is 8.02. The largest absolute Gasteiger partial charge is 0.486 e. The minimum Gasteiger partial charge on any atom is -0.486 e. The van der Waals surface area contributed by atoms with E-state index >= 15 is 0 Å². The van der Waals surface area contributed by atoms with E-state index in [9.17, 15) is 0 Å². The van der Waals surface area contributed by atoms with Crippen LogP contribution >= 0.6 is 0 Å². The van der Waals surface area contributed by atoms with Gasteiger partial charge in [-0.15, -0.1) is 54.1 Å². The molecule has 4 heterocycles. The van der Waals surface area contributed by atoms with Gasteiger partial charge in [0, 0.05) is 60.0 Å². The molecule has 7 heteroatoms. The van der Waals surface area contributed by atoms with Crippen LogP contribution in [0.15, 0.2) is 138 Å². The van der Waals surface area contributed by atoms with Crippen LogP contribution in [0.25, 0.3) is 83.1 Å². The Labute approximate surface area is 354 Å². The summed E-state index contributed by atoms with van der Waals surface area (Å²) in [6.07, 6.45) is 0. The van der Waals surface area contributed by atoms with Crippen LogP contribution in [0.5, 0.6) is 0 Å². The van der Waals surface area contributed by atoms with E-state index in [-0.39, 0.29) is 36.9 Å². The van der Waals surface area contributed by atoms with Crippen LogP contribution in [0.2, 0.25) is 19.6 Å². The Balaban J connectivity index is 0.000000199. The summed E-state index contributed by atoms with van der Waals surface area (Å²) in [6, 6.07) is 48.3. The van der Waals surface area contributed by atoms with Crippen LogP contribution in [0.1, 0.15) is 29.2 Å². The van der Waals surface area contributed by atoms with Gasteiger partial charge in [-0.05, 0) is 72.7 Å². The molecular formula is C49H40IrN4OSi-2. The van der Waals surface area contributed by atoms with Crippen molar-refractivity contribution in [1.29, 1.82) is 0 Å². The van der Waals surface area contributed by atoms with E-state index in [1.54, 1.807) is 36.4 Å². The molecule has 0 N–H and O–H groups in total. The van der Waals surface area contributed by atoms with E-state index in [2.05, 4.69) is 58.1 Å². The van der Waals surface area contributed by atoms with Crippen molar-refractivity contribution in [1.82, 2.24) is 19.5 Å². The van der Waals surface area contributed by atoms with Gasteiger partial charge in [0.2, 0.25) is 5.71 Å². The molecule has 0 saturated carbocycles. The van der Waals surface area contributed by atoms with Crippen LogP contribution in [-0.4, -0.2) is 27.6 Å². The van der Waals surface area contributed by atoms with E-state index in [0.29, 0.717) is 50.0 Å². The standard InChI is InChI=1S/C33H20N3O.C16H20NSi.Ir/c1-20-9-6-16-27-25(20)19-26-23-13-8-14-24(31(23)37-33(26)35-27)32-34-28-15-4-5-17-30(28)36(32)29-18-7-11-21-10-2-3-12-22(21)29;1-12-11-15(14-9-7-6-8-10-14)17-13(2)16(12)18(3,4)5;/h2-13,15-19H,1H3;6-9,11H,1-5H3;/q2*-1;/i1D3;1D3,2D3;. The average molecular weight is 930 g/mol. The maximum Gasteiger partial charge on any atom is 0.216 e. The second kappa shape index (κ2) is 14.7. The number of rotatable bonds is 4. The SMILES string of the molecule is [2H]C([2H])([2H])c1cc(-c2[c-]cccc2)nc(C([2H])([2H])[2H])c1[Si](C)(C)C.[2H]C([2H])([2H])c1cccc2nc3oc4c(-c5nc6ccccc6n5-c5cccc6ccccc56)[c-]ccc4c3cc12.[Ir]. The summed E-state index contributed by atoms with van der Waals surface area (Å²) < 4.78 is 79.8. The van der Waals surface area contributed by atoms with Gasteiger partial charge in [-0.25, -0.2) is 4.98 Å². The minimum atomic E-state index is -2.47. The molecule has 4 aromatic heterocycles. The van der Waals surface area contributed by atoms with Crippen LogP contribution in [-0.2, 0) is 20.1 Å². The third-order valence-electron chi connectivity index (χ3n) is 9.81. The number of hydrogen-bond donors (Lipinski definition) is 0. The molecule has 0 fully saturated rings. The first-order chi connectivity index (χ1) is 30.3. The average Bonchev–Trinajstić information content (AvgIpc) is 3.82. The van der Waals surface area contributed by atoms with Crippen molar-refractivity contribution in [3.8, 4) is 28.3 Å². The fourth-order valence-corrected chi connectivity index (χ4v) is 9.00. The van der Waals surface area contributed by atoms with Crippen LogP contribution < -0.4 is 5.19 Å². The van der Waals surface area contributed by atoms with Crippen molar-refractivity contribution in [2.75, 3.05) is 0 Å². The summed E-state index contributed by atoms with van der Waals surface area (Å²) >= 11 is 0. The zero-order valence-corrected chi connectivity index (χ0v) is 34.1. The van der Waals surface area contributed by atoms with Crippen LogP contribution in [0, 0.1) is 32.7 Å². The molecule has 0 aliphatic carbocycles. The van der Waals surface area contributed by atoms with E-state index < -0.39 is 28.6 Å². The van der Waals surface area contributed by atoms with Crippen molar-refractivity contribution < 1.29 is 36.9 Å². The zero-order chi connectivity index (χ0) is 45.3. The summed E-state index contributed by atoms with van der Waals surface area (Å²) in [5.41, 5.74) is 6.35. The molecular weight excluding hydrogens is 881 g/mol. The summed E-state index contributed by atoms with van der Waals surface area (Å²) in [4.78, 5) is 14.1. The molecule has 0 amide bonds. The van der Waals surface area contributed by atoms with Gasteiger partial charge in [-0.1, -0.05) is 103 Å². The smallest absolute Gasteiger partial charge is 0.216 e. The number of aryl methyl sites for hydroxylation is 3. The number of fused-ring (bicyclic) bond motifs is 6. The molecule has 0 aliphatic heterocycles.